The third-order valence-corrected chi connectivity index (χ3v) is 10.4. The van der Waals surface area contributed by atoms with Gasteiger partial charge in [-0.25, -0.2) is 18.1 Å². The van der Waals surface area contributed by atoms with E-state index in [0.717, 1.165) is 47.7 Å². The van der Waals surface area contributed by atoms with Crippen molar-refractivity contribution in [3.8, 4) is 0 Å². The van der Waals surface area contributed by atoms with Gasteiger partial charge in [0.15, 0.2) is 9.84 Å². The van der Waals surface area contributed by atoms with Gasteiger partial charge in [-0.15, -0.1) is 0 Å². The highest BCUT2D eigenvalue weighted by Gasteiger charge is 2.49. The maximum Gasteiger partial charge on any atom is 0.416 e. The van der Waals surface area contributed by atoms with Gasteiger partial charge in [-0.2, -0.15) is 18.3 Å². The number of nitrogens with zero attached hydrogens (tertiary/aromatic N) is 4. The van der Waals surface area contributed by atoms with Crippen LogP contribution in [0.4, 0.5) is 13.2 Å². The van der Waals surface area contributed by atoms with Gasteiger partial charge in [0.05, 0.1) is 23.5 Å². The fourth-order valence-electron chi connectivity index (χ4n) is 5.34. The lowest BCUT2D eigenvalue weighted by Gasteiger charge is -2.44. The monoisotopic (exact) mass is 568 g/mol. The second kappa shape index (κ2) is 9.01. The Labute approximate surface area is 210 Å². The van der Waals surface area contributed by atoms with Gasteiger partial charge in [0.2, 0.25) is 0 Å². The van der Waals surface area contributed by atoms with Crippen molar-refractivity contribution in [1.82, 2.24) is 19.7 Å². The first-order chi connectivity index (χ1) is 16.6. The molecule has 1 fully saturated rings. The fourth-order valence-corrected chi connectivity index (χ4v) is 7.77. The predicted molar refractivity (Wildman–Crippen MR) is 127 cm³/mol. The van der Waals surface area contributed by atoms with Crippen molar-refractivity contribution in [2.45, 2.75) is 60.6 Å². The van der Waals surface area contributed by atoms with Gasteiger partial charge < -0.3 is 0 Å². The molecule has 2 heterocycles. The standard InChI is InChI=1S/C24H24BrF3N4O2S/c25-19-5-1-17(2-6-19)23(35(33,34)21-7-3-18(4-8-21)24(26,27)28)11-9-20(10-12-23)31-13-14-32-22(15-31)29-16-30-32/h1-8,16,20H,9-15H2. The lowest BCUT2D eigenvalue weighted by Crippen LogP contribution is -2.48. The van der Waals surface area contributed by atoms with Crippen LogP contribution in [0.5, 0.6) is 0 Å². The van der Waals surface area contributed by atoms with Crippen LogP contribution in [0.2, 0.25) is 0 Å². The van der Waals surface area contributed by atoms with Crippen LogP contribution in [-0.2, 0) is 33.9 Å². The second-order valence-electron chi connectivity index (χ2n) is 9.13. The number of aromatic nitrogens is 3. The van der Waals surface area contributed by atoms with Crippen molar-refractivity contribution in [2.24, 2.45) is 0 Å². The van der Waals surface area contributed by atoms with Gasteiger partial charge in [-0.05, 0) is 67.6 Å². The lowest BCUT2D eigenvalue weighted by atomic mass is 9.80. The Kier molecular flexibility index (Phi) is 6.29. The quantitative estimate of drug-likeness (QED) is 0.433. The molecule has 1 aliphatic heterocycles. The molecule has 0 N–H and O–H groups in total. The molecule has 1 aromatic heterocycles. The van der Waals surface area contributed by atoms with E-state index in [4.69, 9.17) is 0 Å². The molecule has 186 valence electrons. The van der Waals surface area contributed by atoms with Gasteiger partial charge in [-0.1, -0.05) is 28.1 Å². The maximum atomic E-state index is 14.0. The summed E-state index contributed by atoms with van der Waals surface area (Å²) in [4.78, 5) is 6.57. The predicted octanol–water partition coefficient (Wildman–Crippen LogP) is 5.19. The molecule has 11 heteroatoms. The normalized spacial score (nSPS) is 23.7. The number of rotatable bonds is 4. The molecule has 5 rings (SSSR count). The molecule has 0 saturated heterocycles. The smallest absolute Gasteiger partial charge is 0.291 e. The van der Waals surface area contributed by atoms with Crippen molar-refractivity contribution in [1.29, 1.82) is 0 Å². The van der Waals surface area contributed by atoms with E-state index in [9.17, 15) is 21.6 Å². The van der Waals surface area contributed by atoms with Gasteiger partial charge in [0.1, 0.15) is 16.9 Å². The lowest BCUT2D eigenvalue weighted by molar-refractivity contribution is -0.137. The average molecular weight is 569 g/mol. The summed E-state index contributed by atoms with van der Waals surface area (Å²) in [5, 5.41) is 4.22. The number of alkyl halides is 3. The Balaban J connectivity index is 1.46. The maximum absolute atomic E-state index is 14.0. The van der Waals surface area contributed by atoms with Gasteiger partial charge in [0.25, 0.3) is 0 Å². The molecule has 0 radical (unpaired) electrons. The highest BCUT2D eigenvalue weighted by atomic mass is 79.9. The van der Waals surface area contributed by atoms with Gasteiger partial charge in [-0.3, -0.25) is 4.90 Å². The molecule has 0 spiro atoms. The largest absolute Gasteiger partial charge is 0.416 e. The van der Waals surface area contributed by atoms with E-state index in [1.54, 1.807) is 18.5 Å². The highest BCUT2D eigenvalue weighted by molar-refractivity contribution is 9.10. The Morgan fingerprint density at radius 3 is 2.26 bits per heavy atom. The van der Waals surface area contributed by atoms with E-state index in [-0.39, 0.29) is 10.9 Å². The second-order valence-corrected chi connectivity index (χ2v) is 12.3. The van der Waals surface area contributed by atoms with Crippen LogP contribution in [0.25, 0.3) is 0 Å². The molecule has 3 aromatic rings. The molecule has 2 aliphatic rings. The molecule has 1 saturated carbocycles. The van der Waals surface area contributed by atoms with E-state index in [0.29, 0.717) is 37.8 Å². The summed E-state index contributed by atoms with van der Waals surface area (Å²) in [5.41, 5.74) is -0.201. The van der Waals surface area contributed by atoms with Crippen molar-refractivity contribution >= 4 is 25.8 Å². The molecular weight excluding hydrogens is 545 g/mol. The number of benzene rings is 2. The third kappa shape index (κ3) is 4.42. The van der Waals surface area contributed by atoms with Crippen molar-refractivity contribution < 1.29 is 21.6 Å². The molecule has 0 bridgehead atoms. The Morgan fingerprint density at radius 1 is 0.971 bits per heavy atom. The van der Waals surface area contributed by atoms with E-state index in [2.05, 4.69) is 30.9 Å². The van der Waals surface area contributed by atoms with Crippen LogP contribution < -0.4 is 0 Å². The molecule has 6 nitrogen and oxygen atoms in total. The molecule has 35 heavy (non-hydrogen) atoms. The van der Waals surface area contributed by atoms with Crippen molar-refractivity contribution in [3.63, 3.8) is 0 Å². The SMILES string of the molecule is O=S(=O)(c1ccc(C(F)(F)F)cc1)C1(c2ccc(Br)cc2)CCC(N2CCn3ncnc3C2)CC1. The molecule has 1 aliphatic carbocycles. The Morgan fingerprint density at radius 2 is 1.63 bits per heavy atom. The van der Waals surface area contributed by atoms with Gasteiger partial charge in [0, 0.05) is 17.1 Å². The van der Waals surface area contributed by atoms with Crippen LogP contribution in [0.1, 0.15) is 42.6 Å². The van der Waals surface area contributed by atoms with E-state index >= 15 is 0 Å². The first-order valence-electron chi connectivity index (χ1n) is 11.4. The zero-order valence-corrected chi connectivity index (χ0v) is 21.2. The minimum Gasteiger partial charge on any atom is -0.291 e. The van der Waals surface area contributed by atoms with Crippen LogP contribution in [0, 0.1) is 0 Å². The number of hydrogen-bond donors (Lipinski definition) is 0. The Bertz CT molecular complexity index is 1300. The van der Waals surface area contributed by atoms with E-state index < -0.39 is 26.3 Å². The summed E-state index contributed by atoms with van der Waals surface area (Å²) in [6.07, 6.45) is -0.900. The van der Waals surface area contributed by atoms with Crippen molar-refractivity contribution in [2.75, 3.05) is 6.54 Å². The van der Waals surface area contributed by atoms with Crippen LogP contribution in [0.15, 0.2) is 64.2 Å². The number of hydrogen-bond acceptors (Lipinski definition) is 5. The number of fused-ring (bicyclic) bond motifs is 1. The molecular formula is C24H24BrF3N4O2S. The number of halogens is 4. The van der Waals surface area contributed by atoms with E-state index in [1.807, 2.05) is 16.8 Å². The van der Waals surface area contributed by atoms with Crippen LogP contribution in [0.3, 0.4) is 0 Å². The minimum atomic E-state index is -4.53. The molecule has 0 unspecified atom stereocenters. The summed E-state index contributed by atoms with van der Waals surface area (Å²) >= 11 is 3.40. The number of sulfone groups is 1. The topological polar surface area (TPSA) is 68.1 Å². The summed E-state index contributed by atoms with van der Waals surface area (Å²) in [6, 6.07) is 11.3. The van der Waals surface area contributed by atoms with Crippen LogP contribution >= 0.6 is 15.9 Å². The minimum absolute atomic E-state index is 0.0852. The molecule has 2 aromatic carbocycles. The summed E-state index contributed by atoms with van der Waals surface area (Å²) in [7, 11) is -3.97. The molecule has 0 amide bonds. The Hall–Kier alpha value is -2.24. The molecule has 0 atom stereocenters. The first-order valence-corrected chi connectivity index (χ1v) is 13.7. The summed E-state index contributed by atoms with van der Waals surface area (Å²) in [6.45, 7) is 2.23. The fraction of sp³-hybridized carbons (Fsp3) is 0.417. The van der Waals surface area contributed by atoms with Gasteiger partial charge >= 0.3 is 6.18 Å². The van der Waals surface area contributed by atoms with Crippen molar-refractivity contribution in [3.05, 3.63) is 76.3 Å². The van der Waals surface area contributed by atoms with E-state index in [1.165, 1.54) is 0 Å². The summed E-state index contributed by atoms with van der Waals surface area (Å²) < 4.78 is 68.8. The third-order valence-electron chi connectivity index (χ3n) is 7.30. The zero-order valence-electron chi connectivity index (χ0n) is 18.7. The first kappa shape index (κ1) is 24.5. The average Bonchev–Trinajstić information content (AvgIpc) is 3.32. The zero-order chi connectivity index (χ0) is 24.8. The summed E-state index contributed by atoms with van der Waals surface area (Å²) in [5.74, 6) is 0.901. The van der Waals surface area contributed by atoms with Crippen LogP contribution in [-0.4, -0.2) is 40.7 Å². The highest BCUT2D eigenvalue weighted by Crippen LogP contribution is 2.48.